The fourth-order valence-electron chi connectivity index (χ4n) is 4.67. The molecule has 0 saturated carbocycles. The highest BCUT2D eigenvalue weighted by Crippen LogP contribution is 2.40. The van der Waals surface area contributed by atoms with Gasteiger partial charge >= 0.3 is 6.09 Å². The molecule has 0 aliphatic heterocycles. The summed E-state index contributed by atoms with van der Waals surface area (Å²) in [6.45, 7) is 2.51. The number of sulfonamides is 1. The van der Waals surface area contributed by atoms with Crippen LogP contribution in [0.25, 0.3) is 0 Å². The van der Waals surface area contributed by atoms with Gasteiger partial charge in [0.05, 0.1) is 6.33 Å². The number of nitrogens with one attached hydrogen (secondary N) is 1. The number of benzene rings is 2. The molecule has 10 heteroatoms. The molecule has 186 valence electrons. The fourth-order valence-corrected chi connectivity index (χ4v) is 5.66. The smallest absolute Gasteiger partial charge is 0.407 e. The van der Waals surface area contributed by atoms with Crippen molar-refractivity contribution in [1.82, 2.24) is 19.2 Å². The van der Waals surface area contributed by atoms with Crippen molar-refractivity contribution in [3.05, 3.63) is 77.7 Å². The van der Waals surface area contributed by atoms with Crippen LogP contribution >= 0.6 is 0 Å². The van der Waals surface area contributed by atoms with Crippen molar-refractivity contribution in [2.45, 2.75) is 36.8 Å². The number of carboxylic acid groups (broad SMARTS) is 1. The molecule has 4 rings (SSSR count). The van der Waals surface area contributed by atoms with Gasteiger partial charge in [-0.25, -0.2) is 22.9 Å². The molecule has 1 aliphatic rings. The predicted octanol–water partition coefficient (Wildman–Crippen LogP) is 3.03. The first-order chi connectivity index (χ1) is 16.8. The highest BCUT2D eigenvalue weighted by molar-refractivity contribution is 7.89. The lowest BCUT2D eigenvalue weighted by atomic mass is 9.90. The van der Waals surface area contributed by atoms with Gasteiger partial charge in [-0.05, 0) is 48.6 Å². The molecule has 0 radical (unpaired) electrons. The van der Waals surface area contributed by atoms with E-state index in [0.717, 1.165) is 23.1 Å². The number of rotatable bonds is 10. The van der Waals surface area contributed by atoms with Crippen LogP contribution in [0.3, 0.4) is 0 Å². The van der Waals surface area contributed by atoms with Crippen LogP contribution in [0.1, 0.15) is 29.5 Å². The minimum absolute atomic E-state index is 0.00495. The van der Waals surface area contributed by atoms with Crippen LogP contribution in [-0.4, -0.2) is 59.8 Å². The summed E-state index contributed by atoms with van der Waals surface area (Å²) in [5, 5.41) is 9.75. The van der Waals surface area contributed by atoms with E-state index in [-0.39, 0.29) is 30.1 Å². The van der Waals surface area contributed by atoms with Crippen LogP contribution in [0.2, 0.25) is 0 Å². The maximum atomic E-state index is 12.3. The van der Waals surface area contributed by atoms with E-state index in [1.165, 1.54) is 17.4 Å². The SMILES string of the molecule is CCN(C(=O)O)C1Cc2ccc(OCCNS(=O)(=O)c3cn(C)cn3)cc2C1Cc1ccccc1. The third kappa shape index (κ3) is 5.66. The molecule has 9 nitrogen and oxygen atoms in total. The largest absolute Gasteiger partial charge is 0.492 e. The summed E-state index contributed by atoms with van der Waals surface area (Å²) in [5.74, 6) is 0.618. The monoisotopic (exact) mass is 498 g/mol. The number of amides is 1. The molecule has 0 spiro atoms. The Labute approximate surface area is 205 Å². The van der Waals surface area contributed by atoms with E-state index in [1.807, 2.05) is 43.3 Å². The quantitative estimate of drug-likeness (QED) is 0.416. The number of aromatic nitrogens is 2. The van der Waals surface area contributed by atoms with E-state index in [9.17, 15) is 18.3 Å². The third-order valence-electron chi connectivity index (χ3n) is 6.31. The van der Waals surface area contributed by atoms with Gasteiger partial charge in [0.25, 0.3) is 10.0 Å². The molecule has 1 aliphatic carbocycles. The Hall–Kier alpha value is -3.37. The van der Waals surface area contributed by atoms with E-state index in [4.69, 9.17) is 4.74 Å². The Morgan fingerprint density at radius 2 is 2.03 bits per heavy atom. The average Bonchev–Trinajstić information content (AvgIpc) is 3.42. The average molecular weight is 499 g/mol. The van der Waals surface area contributed by atoms with Crippen LogP contribution in [0.5, 0.6) is 5.75 Å². The molecule has 2 atom stereocenters. The Bertz CT molecular complexity index is 1280. The van der Waals surface area contributed by atoms with Crippen LogP contribution in [0.15, 0.2) is 66.1 Å². The van der Waals surface area contributed by atoms with Crippen LogP contribution in [-0.2, 0) is 29.9 Å². The van der Waals surface area contributed by atoms with Crippen molar-refractivity contribution in [1.29, 1.82) is 0 Å². The van der Waals surface area contributed by atoms with E-state index in [1.54, 1.807) is 11.6 Å². The summed E-state index contributed by atoms with van der Waals surface area (Å²) >= 11 is 0. The number of nitrogens with zero attached hydrogens (tertiary/aromatic N) is 3. The van der Waals surface area contributed by atoms with Gasteiger partial charge in [-0.2, -0.15) is 0 Å². The second-order valence-electron chi connectivity index (χ2n) is 8.62. The minimum Gasteiger partial charge on any atom is -0.492 e. The molecule has 1 amide bonds. The molecule has 3 aromatic rings. The number of carbonyl (C=O) groups is 1. The first kappa shape index (κ1) is 24.7. The van der Waals surface area contributed by atoms with Crippen molar-refractivity contribution in [3.8, 4) is 5.75 Å². The lowest BCUT2D eigenvalue weighted by Gasteiger charge is -2.30. The van der Waals surface area contributed by atoms with Gasteiger partial charge < -0.3 is 19.3 Å². The standard InChI is InChI=1S/C25H30N4O5S/c1-3-29(25(30)31)23-14-19-9-10-20(15-21(19)22(23)13-18-7-5-4-6-8-18)34-12-11-27-35(32,33)24-16-28(2)17-26-24/h4-10,15-17,22-23,27H,3,11-14H2,1-2H3,(H,30,31). The van der Waals surface area contributed by atoms with Gasteiger partial charge in [0, 0.05) is 38.3 Å². The van der Waals surface area contributed by atoms with Gasteiger partial charge in [0.1, 0.15) is 12.4 Å². The Kier molecular flexibility index (Phi) is 7.42. The number of likely N-dealkylation sites (N-methyl/N-ethyl adjacent to an activating group) is 1. The normalized spacial score (nSPS) is 17.2. The molecule has 2 unspecified atom stereocenters. The van der Waals surface area contributed by atoms with Gasteiger partial charge in [-0.1, -0.05) is 36.4 Å². The van der Waals surface area contributed by atoms with E-state index in [2.05, 4.69) is 21.8 Å². The Morgan fingerprint density at radius 1 is 1.26 bits per heavy atom. The molecule has 0 bridgehead atoms. The predicted molar refractivity (Wildman–Crippen MR) is 131 cm³/mol. The first-order valence-corrected chi connectivity index (χ1v) is 13.0. The van der Waals surface area contributed by atoms with E-state index < -0.39 is 16.1 Å². The summed E-state index contributed by atoms with van der Waals surface area (Å²) in [6.07, 6.45) is 3.31. The summed E-state index contributed by atoms with van der Waals surface area (Å²) in [5.41, 5.74) is 3.33. The summed E-state index contributed by atoms with van der Waals surface area (Å²) in [6, 6.07) is 15.7. The first-order valence-electron chi connectivity index (χ1n) is 11.5. The Balaban J connectivity index is 1.47. The number of imidazole rings is 1. The van der Waals surface area contributed by atoms with E-state index in [0.29, 0.717) is 18.7 Å². The zero-order valence-corrected chi connectivity index (χ0v) is 20.6. The minimum atomic E-state index is -3.70. The maximum absolute atomic E-state index is 12.3. The second kappa shape index (κ2) is 10.5. The van der Waals surface area contributed by atoms with Crippen LogP contribution < -0.4 is 9.46 Å². The van der Waals surface area contributed by atoms with Crippen molar-refractivity contribution < 1.29 is 23.1 Å². The van der Waals surface area contributed by atoms with E-state index >= 15 is 0 Å². The van der Waals surface area contributed by atoms with Crippen molar-refractivity contribution >= 4 is 16.1 Å². The molecule has 0 fully saturated rings. The molecule has 2 N–H and O–H groups in total. The molecule has 35 heavy (non-hydrogen) atoms. The Morgan fingerprint density at radius 3 is 2.69 bits per heavy atom. The fraction of sp³-hybridized carbons (Fsp3) is 0.360. The van der Waals surface area contributed by atoms with Crippen molar-refractivity contribution in [2.24, 2.45) is 7.05 Å². The molecule has 1 aromatic heterocycles. The lowest BCUT2D eigenvalue weighted by molar-refractivity contribution is 0.122. The summed E-state index contributed by atoms with van der Waals surface area (Å²) in [4.78, 5) is 17.3. The van der Waals surface area contributed by atoms with Gasteiger partial charge in [-0.3, -0.25) is 0 Å². The molecule has 0 saturated heterocycles. The van der Waals surface area contributed by atoms with Gasteiger partial charge in [-0.15, -0.1) is 0 Å². The van der Waals surface area contributed by atoms with Crippen LogP contribution in [0.4, 0.5) is 4.79 Å². The topological polar surface area (TPSA) is 114 Å². The number of aryl methyl sites for hydroxylation is 1. The highest BCUT2D eigenvalue weighted by atomic mass is 32.2. The van der Waals surface area contributed by atoms with Gasteiger partial charge in [0.15, 0.2) is 5.03 Å². The second-order valence-corrected chi connectivity index (χ2v) is 10.3. The zero-order chi connectivity index (χ0) is 25.0. The summed E-state index contributed by atoms with van der Waals surface area (Å²) < 4.78 is 34.5. The number of fused-ring (bicyclic) bond motifs is 1. The summed E-state index contributed by atoms with van der Waals surface area (Å²) in [7, 11) is -1.99. The lowest BCUT2D eigenvalue weighted by Crippen LogP contribution is -2.42. The van der Waals surface area contributed by atoms with Crippen LogP contribution in [0, 0.1) is 0 Å². The molecule has 1 heterocycles. The number of hydrogen-bond acceptors (Lipinski definition) is 5. The third-order valence-corrected chi connectivity index (χ3v) is 7.66. The van der Waals surface area contributed by atoms with Crippen molar-refractivity contribution in [3.63, 3.8) is 0 Å². The highest BCUT2D eigenvalue weighted by Gasteiger charge is 2.38. The number of ether oxygens (including phenoxy) is 1. The molecular weight excluding hydrogens is 468 g/mol. The number of hydrogen-bond donors (Lipinski definition) is 2. The van der Waals surface area contributed by atoms with Gasteiger partial charge in [0.2, 0.25) is 0 Å². The zero-order valence-electron chi connectivity index (χ0n) is 19.8. The molecular formula is C25H30N4O5S. The maximum Gasteiger partial charge on any atom is 0.407 e. The molecule has 2 aromatic carbocycles. The van der Waals surface area contributed by atoms with Crippen molar-refractivity contribution in [2.75, 3.05) is 19.7 Å².